The van der Waals surface area contributed by atoms with Crippen molar-refractivity contribution in [1.29, 1.82) is 0 Å². The maximum atomic E-state index is 12.5. The predicted octanol–water partition coefficient (Wildman–Crippen LogP) is 3.16. The number of pyridine rings is 1. The number of aromatic hydroxyl groups is 1. The summed E-state index contributed by atoms with van der Waals surface area (Å²) in [6.07, 6.45) is 9.32. The molecule has 2 aliphatic heterocycles. The maximum absolute atomic E-state index is 12.5. The van der Waals surface area contributed by atoms with Gasteiger partial charge in [0, 0.05) is 18.8 Å². The van der Waals surface area contributed by atoms with Crippen molar-refractivity contribution in [1.82, 2.24) is 4.98 Å². The number of nitrogens with zero attached hydrogens (tertiary/aromatic N) is 1. The molecule has 1 aromatic heterocycles. The summed E-state index contributed by atoms with van der Waals surface area (Å²) in [6, 6.07) is 3.45. The number of hydrogen-bond donors (Lipinski definition) is 1. The van der Waals surface area contributed by atoms with Crippen LogP contribution in [0.5, 0.6) is 5.75 Å². The molecule has 28 heavy (non-hydrogen) atoms. The second kappa shape index (κ2) is 6.85. The molecule has 1 aromatic rings. The maximum Gasteiger partial charge on any atom is 0.309 e. The van der Waals surface area contributed by atoms with E-state index < -0.39 is 5.79 Å². The number of hydrogen-bond acceptors (Lipinski definition) is 6. The number of ether oxygens (including phenoxy) is 3. The standard InChI is InChI=1S/C22H27NO5/c1-13-20-18(5-3-15-2-4-16(24)12-23-15)17-6-7-22(26-8-9-27-22)11-14(17)10-19(20)21(25)28-13/h2-5,12-14,17-20,24H,6-11H2,1H3/b5-3+/t13-,14-,17-,18?,19-,20+/m1/s1. The topological polar surface area (TPSA) is 77.9 Å². The predicted molar refractivity (Wildman–Crippen MR) is 101 cm³/mol. The Labute approximate surface area is 164 Å². The van der Waals surface area contributed by atoms with E-state index in [0.717, 1.165) is 31.4 Å². The van der Waals surface area contributed by atoms with Crippen molar-refractivity contribution in [2.45, 2.75) is 44.5 Å². The quantitative estimate of drug-likeness (QED) is 0.788. The highest BCUT2D eigenvalue weighted by Gasteiger charge is 2.57. The van der Waals surface area contributed by atoms with Crippen LogP contribution in [0, 0.1) is 29.6 Å². The van der Waals surface area contributed by atoms with Crippen LogP contribution in [-0.2, 0) is 19.0 Å². The zero-order valence-electron chi connectivity index (χ0n) is 16.1. The highest BCUT2D eigenvalue weighted by atomic mass is 16.7. The Balaban J connectivity index is 1.44. The van der Waals surface area contributed by atoms with Gasteiger partial charge in [-0.3, -0.25) is 9.78 Å². The first-order valence-electron chi connectivity index (χ1n) is 10.4. The van der Waals surface area contributed by atoms with E-state index in [1.807, 2.05) is 13.0 Å². The van der Waals surface area contributed by atoms with Gasteiger partial charge < -0.3 is 19.3 Å². The highest BCUT2D eigenvalue weighted by molar-refractivity contribution is 5.75. The third-order valence-corrected chi connectivity index (χ3v) is 7.22. The summed E-state index contributed by atoms with van der Waals surface area (Å²) >= 11 is 0. The number of fused-ring (bicyclic) bond motifs is 2. The van der Waals surface area contributed by atoms with Gasteiger partial charge in [0.15, 0.2) is 5.79 Å². The van der Waals surface area contributed by atoms with Gasteiger partial charge in [0.05, 0.1) is 31.0 Å². The molecular formula is C22H27NO5. The van der Waals surface area contributed by atoms with Crippen molar-refractivity contribution in [3.05, 3.63) is 30.1 Å². The minimum atomic E-state index is -0.436. The molecule has 5 rings (SSSR count). The summed E-state index contributed by atoms with van der Waals surface area (Å²) in [5, 5.41) is 9.45. The summed E-state index contributed by atoms with van der Waals surface area (Å²) in [5.74, 6) is 0.988. The molecule has 6 atom stereocenters. The first-order valence-corrected chi connectivity index (χ1v) is 10.4. The van der Waals surface area contributed by atoms with Crippen LogP contribution in [0.4, 0.5) is 0 Å². The minimum Gasteiger partial charge on any atom is -0.506 e. The molecule has 1 N–H and O–H groups in total. The summed E-state index contributed by atoms with van der Waals surface area (Å²) in [4.78, 5) is 16.8. The molecule has 4 fully saturated rings. The molecule has 0 bridgehead atoms. The highest BCUT2D eigenvalue weighted by Crippen LogP contribution is 2.56. The molecule has 1 spiro atoms. The van der Waals surface area contributed by atoms with E-state index >= 15 is 0 Å². The Morgan fingerprint density at radius 1 is 1.29 bits per heavy atom. The Hall–Kier alpha value is -1.92. The van der Waals surface area contributed by atoms with Crippen LogP contribution in [0.2, 0.25) is 0 Å². The lowest BCUT2D eigenvalue weighted by atomic mass is 9.56. The van der Waals surface area contributed by atoms with Gasteiger partial charge in [0.2, 0.25) is 0 Å². The number of cyclic esters (lactones) is 1. The number of aromatic nitrogens is 1. The number of carbonyl (C=O) groups is 1. The lowest BCUT2D eigenvalue weighted by Crippen LogP contribution is -2.49. The normalized spacial score (nSPS) is 39.1. The van der Waals surface area contributed by atoms with Crippen LogP contribution in [0.25, 0.3) is 6.08 Å². The lowest BCUT2D eigenvalue weighted by molar-refractivity contribution is -0.204. The fourth-order valence-corrected chi connectivity index (χ4v) is 6.06. The van der Waals surface area contributed by atoms with Crippen LogP contribution < -0.4 is 0 Å². The van der Waals surface area contributed by atoms with Crippen molar-refractivity contribution in [2.75, 3.05) is 13.2 Å². The zero-order chi connectivity index (χ0) is 19.3. The third-order valence-electron chi connectivity index (χ3n) is 7.22. The van der Waals surface area contributed by atoms with E-state index in [1.165, 1.54) is 6.20 Å². The van der Waals surface area contributed by atoms with Gasteiger partial charge in [0.25, 0.3) is 0 Å². The molecule has 6 heteroatoms. The Kier molecular flexibility index (Phi) is 4.43. The summed E-state index contributed by atoms with van der Waals surface area (Å²) in [5.41, 5.74) is 0.809. The zero-order valence-corrected chi connectivity index (χ0v) is 16.1. The molecule has 2 saturated heterocycles. The van der Waals surface area contributed by atoms with E-state index in [4.69, 9.17) is 14.2 Å². The lowest BCUT2D eigenvalue weighted by Gasteiger charge is -2.49. The Morgan fingerprint density at radius 3 is 2.86 bits per heavy atom. The van der Waals surface area contributed by atoms with E-state index in [0.29, 0.717) is 25.0 Å². The Morgan fingerprint density at radius 2 is 2.11 bits per heavy atom. The molecule has 4 aliphatic rings. The van der Waals surface area contributed by atoms with Gasteiger partial charge in [-0.05, 0) is 55.7 Å². The summed E-state index contributed by atoms with van der Waals surface area (Å²) < 4.78 is 17.6. The van der Waals surface area contributed by atoms with Gasteiger partial charge in [-0.25, -0.2) is 0 Å². The minimum absolute atomic E-state index is 0.0461. The van der Waals surface area contributed by atoms with Gasteiger partial charge in [-0.1, -0.05) is 6.08 Å². The molecule has 0 aromatic carbocycles. The Bertz CT molecular complexity index is 770. The largest absolute Gasteiger partial charge is 0.506 e. The fourth-order valence-electron chi connectivity index (χ4n) is 6.06. The van der Waals surface area contributed by atoms with E-state index in [-0.39, 0.29) is 35.6 Å². The summed E-state index contributed by atoms with van der Waals surface area (Å²) in [6.45, 7) is 3.35. The van der Waals surface area contributed by atoms with E-state index in [1.54, 1.807) is 12.1 Å². The van der Waals surface area contributed by atoms with Gasteiger partial charge in [-0.15, -0.1) is 0 Å². The van der Waals surface area contributed by atoms with Crippen molar-refractivity contribution < 1.29 is 24.1 Å². The van der Waals surface area contributed by atoms with Gasteiger partial charge in [0.1, 0.15) is 11.9 Å². The average molecular weight is 385 g/mol. The second-order valence-corrected chi connectivity index (χ2v) is 8.71. The van der Waals surface area contributed by atoms with E-state index in [2.05, 4.69) is 11.1 Å². The van der Waals surface area contributed by atoms with Crippen molar-refractivity contribution >= 4 is 12.0 Å². The SMILES string of the molecule is C[C@H]1OC(=O)[C@@H]2C[C@@H]3CC4(CC[C@H]3C(/C=C/c3ccc(O)cn3)[C@H]12)OCCO4. The van der Waals surface area contributed by atoms with Crippen LogP contribution in [0.3, 0.4) is 0 Å². The third kappa shape index (κ3) is 3.03. The molecule has 2 aliphatic carbocycles. The molecule has 1 unspecified atom stereocenters. The first-order chi connectivity index (χ1) is 13.5. The molecule has 2 saturated carbocycles. The molecule has 6 nitrogen and oxygen atoms in total. The van der Waals surface area contributed by atoms with Crippen LogP contribution in [-0.4, -0.2) is 41.2 Å². The number of carbonyl (C=O) groups excluding carboxylic acids is 1. The van der Waals surface area contributed by atoms with Crippen molar-refractivity contribution in [3.8, 4) is 5.75 Å². The number of esters is 1. The van der Waals surface area contributed by atoms with Gasteiger partial charge in [-0.2, -0.15) is 0 Å². The van der Waals surface area contributed by atoms with Crippen LogP contribution in [0.15, 0.2) is 24.4 Å². The molecule has 0 amide bonds. The molecular weight excluding hydrogens is 358 g/mol. The monoisotopic (exact) mass is 385 g/mol. The first kappa shape index (κ1) is 18.1. The van der Waals surface area contributed by atoms with Crippen LogP contribution in [0.1, 0.15) is 38.3 Å². The fraction of sp³-hybridized carbons (Fsp3) is 0.636. The van der Waals surface area contributed by atoms with Gasteiger partial charge >= 0.3 is 5.97 Å². The molecule has 3 heterocycles. The van der Waals surface area contributed by atoms with Crippen LogP contribution >= 0.6 is 0 Å². The molecule has 150 valence electrons. The average Bonchev–Trinajstić information content (AvgIpc) is 3.24. The number of rotatable bonds is 2. The number of allylic oxidation sites excluding steroid dienone is 1. The van der Waals surface area contributed by atoms with Crippen molar-refractivity contribution in [3.63, 3.8) is 0 Å². The summed E-state index contributed by atoms with van der Waals surface area (Å²) in [7, 11) is 0. The van der Waals surface area contributed by atoms with Crippen molar-refractivity contribution in [2.24, 2.45) is 29.6 Å². The second-order valence-electron chi connectivity index (χ2n) is 8.71. The smallest absolute Gasteiger partial charge is 0.309 e. The van der Waals surface area contributed by atoms with E-state index in [9.17, 15) is 9.90 Å². The molecule has 0 radical (unpaired) electrons.